The molecule has 0 radical (unpaired) electrons. The fraction of sp³-hybridized carbons (Fsp3) is 0.444. The number of carbonyl (C=O) groups is 2. The second-order valence-corrected chi connectivity index (χ2v) is 8.48. The van der Waals surface area contributed by atoms with Gasteiger partial charge in [0.15, 0.2) is 0 Å². The zero-order chi connectivity index (χ0) is 24.7. The van der Waals surface area contributed by atoms with Gasteiger partial charge < -0.3 is 19.6 Å². The van der Waals surface area contributed by atoms with Gasteiger partial charge in [-0.25, -0.2) is 0 Å². The van der Waals surface area contributed by atoms with E-state index < -0.39 is 17.7 Å². The van der Waals surface area contributed by atoms with Crippen LogP contribution in [-0.4, -0.2) is 64.4 Å². The summed E-state index contributed by atoms with van der Waals surface area (Å²) >= 11 is 0. The van der Waals surface area contributed by atoms with Crippen LogP contribution in [-0.2, 0) is 9.59 Å². The molecule has 182 valence electrons. The first-order valence-electron chi connectivity index (χ1n) is 12.1. The molecule has 0 unspecified atom stereocenters. The maximum atomic E-state index is 13.2. The van der Waals surface area contributed by atoms with Crippen LogP contribution in [0.4, 0.5) is 0 Å². The van der Waals surface area contributed by atoms with Gasteiger partial charge >= 0.3 is 0 Å². The van der Waals surface area contributed by atoms with Crippen molar-refractivity contribution in [3.8, 4) is 5.75 Å². The van der Waals surface area contributed by atoms with Crippen LogP contribution in [0.3, 0.4) is 0 Å². The van der Waals surface area contributed by atoms with Crippen molar-refractivity contribution in [1.82, 2.24) is 14.8 Å². The molecule has 1 fully saturated rings. The highest BCUT2D eigenvalue weighted by molar-refractivity contribution is 6.46. The van der Waals surface area contributed by atoms with Crippen LogP contribution >= 0.6 is 0 Å². The number of amides is 1. The molecule has 0 aliphatic carbocycles. The van der Waals surface area contributed by atoms with Crippen molar-refractivity contribution in [3.05, 3.63) is 65.0 Å². The number of aryl methyl sites for hydroxylation is 1. The van der Waals surface area contributed by atoms with Crippen LogP contribution in [0, 0.1) is 6.92 Å². The summed E-state index contributed by atoms with van der Waals surface area (Å²) in [4.78, 5) is 34.1. The zero-order valence-corrected chi connectivity index (χ0v) is 20.6. The number of hydrogen-bond donors (Lipinski definition) is 1. The molecule has 7 heteroatoms. The van der Waals surface area contributed by atoms with Crippen molar-refractivity contribution in [3.63, 3.8) is 0 Å². The zero-order valence-electron chi connectivity index (χ0n) is 20.6. The topological polar surface area (TPSA) is 83.0 Å². The molecule has 1 amide bonds. The van der Waals surface area contributed by atoms with Crippen LogP contribution in [0.15, 0.2) is 48.3 Å². The van der Waals surface area contributed by atoms with Gasteiger partial charge in [-0.2, -0.15) is 0 Å². The lowest BCUT2D eigenvalue weighted by molar-refractivity contribution is -0.140. The van der Waals surface area contributed by atoms with E-state index >= 15 is 0 Å². The summed E-state index contributed by atoms with van der Waals surface area (Å²) in [5.74, 6) is -0.685. The number of likely N-dealkylation sites (N-methyl/N-ethyl adjacent to an activating group) is 1. The van der Waals surface area contributed by atoms with Crippen LogP contribution in [0.5, 0.6) is 5.75 Å². The van der Waals surface area contributed by atoms with Crippen LogP contribution in [0.25, 0.3) is 5.76 Å². The van der Waals surface area contributed by atoms with Crippen molar-refractivity contribution < 1.29 is 19.4 Å². The van der Waals surface area contributed by atoms with Crippen molar-refractivity contribution in [2.45, 2.75) is 46.6 Å². The molecule has 1 aliphatic heterocycles. The van der Waals surface area contributed by atoms with Gasteiger partial charge in [0.25, 0.3) is 11.7 Å². The lowest BCUT2D eigenvalue weighted by Crippen LogP contribution is -2.38. The summed E-state index contributed by atoms with van der Waals surface area (Å²) in [6.07, 6.45) is 5.27. The highest BCUT2D eigenvalue weighted by atomic mass is 16.5. The van der Waals surface area contributed by atoms with E-state index in [9.17, 15) is 14.7 Å². The molecule has 34 heavy (non-hydrogen) atoms. The van der Waals surface area contributed by atoms with Gasteiger partial charge in [0.05, 0.1) is 18.2 Å². The summed E-state index contributed by atoms with van der Waals surface area (Å²) < 4.78 is 5.82. The largest absolute Gasteiger partial charge is 0.507 e. The molecule has 3 rings (SSSR count). The molecule has 1 atom stereocenters. The van der Waals surface area contributed by atoms with Gasteiger partial charge in [-0.05, 0) is 67.9 Å². The van der Waals surface area contributed by atoms with Crippen molar-refractivity contribution in [2.24, 2.45) is 0 Å². The first-order valence-corrected chi connectivity index (χ1v) is 12.1. The Morgan fingerprint density at radius 2 is 1.82 bits per heavy atom. The minimum atomic E-state index is -0.667. The minimum Gasteiger partial charge on any atom is -0.507 e. The molecule has 1 aliphatic rings. The molecule has 0 spiro atoms. The Hall–Kier alpha value is -3.19. The Labute approximate surface area is 202 Å². The predicted molar refractivity (Wildman–Crippen MR) is 133 cm³/mol. The fourth-order valence-electron chi connectivity index (χ4n) is 4.23. The van der Waals surface area contributed by atoms with E-state index in [1.165, 1.54) is 0 Å². The van der Waals surface area contributed by atoms with Gasteiger partial charge in [-0.1, -0.05) is 27.2 Å². The number of aromatic nitrogens is 1. The first kappa shape index (κ1) is 25.4. The monoisotopic (exact) mass is 465 g/mol. The van der Waals surface area contributed by atoms with E-state index in [1.54, 1.807) is 47.6 Å². The second kappa shape index (κ2) is 11.8. The maximum Gasteiger partial charge on any atom is 0.295 e. The molecule has 2 heterocycles. The average molecular weight is 466 g/mol. The number of aliphatic hydroxyl groups is 1. The van der Waals surface area contributed by atoms with Gasteiger partial charge in [-0.15, -0.1) is 0 Å². The van der Waals surface area contributed by atoms with Gasteiger partial charge in [0, 0.05) is 31.0 Å². The van der Waals surface area contributed by atoms with E-state index in [-0.39, 0.29) is 11.3 Å². The van der Waals surface area contributed by atoms with E-state index in [2.05, 4.69) is 30.7 Å². The van der Waals surface area contributed by atoms with E-state index in [4.69, 9.17) is 4.74 Å². The molecule has 2 aromatic rings. The Balaban J connectivity index is 2.00. The Bertz CT molecular complexity index is 1030. The third-order valence-corrected chi connectivity index (χ3v) is 6.32. The molecule has 1 N–H and O–H groups in total. The Morgan fingerprint density at radius 1 is 1.12 bits per heavy atom. The lowest BCUT2D eigenvalue weighted by Gasteiger charge is -2.28. The van der Waals surface area contributed by atoms with E-state index in [1.807, 2.05) is 6.92 Å². The number of ether oxygens (including phenoxy) is 1. The number of hydrogen-bond acceptors (Lipinski definition) is 6. The summed E-state index contributed by atoms with van der Waals surface area (Å²) in [5, 5.41) is 11.3. The SMILES string of the molecule is CCCCOc1ccc(/C(O)=C2\C(=O)C(=O)N(CCN(CC)CC)[C@H]2c2ccncc2)cc1C. The number of ketones is 1. The smallest absolute Gasteiger partial charge is 0.295 e. The van der Waals surface area contributed by atoms with Crippen molar-refractivity contribution >= 4 is 17.4 Å². The Morgan fingerprint density at radius 3 is 2.44 bits per heavy atom. The molecular weight excluding hydrogens is 430 g/mol. The summed E-state index contributed by atoms with van der Waals surface area (Å²) in [6, 6.07) is 8.23. The molecule has 1 saturated heterocycles. The second-order valence-electron chi connectivity index (χ2n) is 8.48. The molecular formula is C27H35N3O4. The number of carbonyl (C=O) groups excluding carboxylic acids is 2. The third kappa shape index (κ3) is 5.47. The van der Waals surface area contributed by atoms with Crippen molar-refractivity contribution in [2.75, 3.05) is 32.8 Å². The van der Waals surface area contributed by atoms with Gasteiger partial charge in [0.1, 0.15) is 11.5 Å². The number of pyridine rings is 1. The quantitative estimate of drug-likeness (QED) is 0.230. The highest BCUT2D eigenvalue weighted by Crippen LogP contribution is 2.39. The van der Waals surface area contributed by atoms with Crippen molar-refractivity contribution in [1.29, 1.82) is 0 Å². The molecule has 7 nitrogen and oxygen atoms in total. The minimum absolute atomic E-state index is 0.106. The standard InChI is InChI=1S/C27H35N3O4/c1-5-8-17-34-22-10-9-21(18-19(22)4)25(31)23-24(20-11-13-28-14-12-20)30(27(33)26(23)32)16-15-29(6-2)7-3/h9-14,18,24,31H,5-8,15-17H2,1-4H3/b25-23+/t24-/m0/s1. The summed E-state index contributed by atoms with van der Waals surface area (Å²) in [6.45, 7) is 11.5. The van der Waals surface area contributed by atoms with Crippen LogP contribution < -0.4 is 4.74 Å². The first-order chi connectivity index (χ1) is 16.4. The Kier molecular flexibility index (Phi) is 8.82. The normalized spacial score (nSPS) is 17.6. The summed E-state index contributed by atoms with van der Waals surface area (Å²) in [5.41, 5.74) is 2.19. The highest BCUT2D eigenvalue weighted by Gasteiger charge is 2.46. The van der Waals surface area contributed by atoms with E-state index in [0.717, 1.165) is 42.8 Å². The van der Waals surface area contributed by atoms with E-state index in [0.29, 0.717) is 25.3 Å². The number of benzene rings is 1. The van der Waals surface area contributed by atoms with Gasteiger partial charge in [-0.3, -0.25) is 14.6 Å². The number of likely N-dealkylation sites (tertiary alicyclic amines) is 1. The van der Waals surface area contributed by atoms with Crippen LogP contribution in [0.1, 0.15) is 56.3 Å². The third-order valence-electron chi connectivity index (χ3n) is 6.32. The maximum absolute atomic E-state index is 13.2. The number of Topliss-reactive ketones (excluding diaryl/α,β-unsaturated/α-hetero) is 1. The lowest BCUT2D eigenvalue weighted by atomic mass is 9.95. The molecule has 1 aromatic carbocycles. The molecule has 0 saturated carbocycles. The number of rotatable bonds is 11. The molecule has 0 bridgehead atoms. The summed E-state index contributed by atoms with van der Waals surface area (Å²) in [7, 11) is 0. The predicted octanol–water partition coefficient (Wildman–Crippen LogP) is 4.33. The average Bonchev–Trinajstić information content (AvgIpc) is 3.10. The fourth-order valence-corrected chi connectivity index (χ4v) is 4.23. The number of nitrogens with zero attached hydrogens (tertiary/aromatic N) is 3. The van der Waals surface area contributed by atoms with Crippen LogP contribution in [0.2, 0.25) is 0 Å². The number of aliphatic hydroxyl groups excluding tert-OH is 1. The molecule has 1 aromatic heterocycles. The van der Waals surface area contributed by atoms with Gasteiger partial charge in [0.2, 0.25) is 0 Å². The number of unbranched alkanes of at least 4 members (excludes halogenated alkanes) is 1.